The third-order valence-corrected chi connectivity index (χ3v) is 5.98. The molecule has 0 spiro atoms. The van der Waals surface area contributed by atoms with Crippen LogP contribution in [0.5, 0.6) is 0 Å². The molecule has 1 fully saturated rings. The highest BCUT2D eigenvalue weighted by molar-refractivity contribution is 6.04. The zero-order valence-corrected chi connectivity index (χ0v) is 18.4. The lowest BCUT2D eigenvalue weighted by molar-refractivity contribution is -0.125. The molecule has 4 aromatic rings. The van der Waals surface area contributed by atoms with Gasteiger partial charge in [-0.1, -0.05) is 24.8 Å². The van der Waals surface area contributed by atoms with Crippen LogP contribution in [0.3, 0.4) is 0 Å². The standard InChI is InChI=1S/C25H23N7O2/c1-2-21(33)31-14-11-18(15-31)22-19-10-13-28-25(26)32(19)23(30-22)16-6-8-17(9-7-16)24(34)29-20-5-3-4-12-27-20/h2-10,12-13,18H,1,11,14-15H2,(H2,26,28)(H,27,29,34). The van der Waals surface area contributed by atoms with E-state index in [1.54, 1.807) is 41.6 Å². The minimum Gasteiger partial charge on any atom is -0.369 e. The summed E-state index contributed by atoms with van der Waals surface area (Å²) in [5, 5.41) is 2.78. The Labute approximate surface area is 196 Å². The third kappa shape index (κ3) is 3.88. The monoisotopic (exact) mass is 453 g/mol. The zero-order chi connectivity index (χ0) is 23.7. The number of benzene rings is 1. The number of rotatable bonds is 5. The van der Waals surface area contributed by atoms with Gasteiger partial charge in [0.15, 0.2) is 0 Å². The van der Waals surface area contributed by atoms with Gasteiger partial charge >= 0.3 is 0 Å². The second-order valence-electron chi connectivity index (χ2n) is 8.06. The van der Waals surface area contributed by atoms with Crippen LogP contribution in [0.15, 0.2) is 73.6 Å². The van der Waals surface area contributed by atoms with E-state index in [-0.39, 0.29) is 17.7 Å². The first-order valence-electron chi connectivity index (χ1n) is 10.9. The molecule has 0 radical (unpaired) electrons. The van der Waals surface area contributed by atoms with E-state index in [1.807, 2.05) is 28.7 Å². The summed E-state index contributed by atoms with van der Waals surface area (Å²) in [5.41, 5.74) is 9.26. The Morgan fingerprint density at radius 3 is 2.65 bits per heavy atom. The van der Waals surface area contributed by atoms with Gasteiger partial charge in [-0.2, -0.15) is 0 Å². The molecule has 0 saturated carbocycles. The Kier molecular flexibility index (Phi) is 5.51. The number of fused-ring (bicyclic) bond motifs is 1. The first kappa shape index (κ1) is 21.3. The minimum atomic E-state index is -0.252. The number of likely N-dealkylation sites (tertiary alicyclic amines) is 1. The van der Waals surface area contributed by atoms with Crippen molar-refractivity contribution >= 4 is 29.1 Å². The average Bonchev–Trinajstić information content (AvgIpc) is 3.50. The van der Waals surface area contributed by atoms with Crippen LogP contribution in [0, 0.1) is 0 Å². The smallest absolute Gasteiger partial charge is 0.256 e. The maximum absolute atomic E-state index is 12.6. The quantitative estimate of drug-likeness (QED) is 0.448. The fraction of sp³-hybridized carbons (Fsp3) is 0.160. The number of nitrogen functional groups attached to an aromatic ring is 1. The first-order valence-corrected chi connectivity index (χ1v) is 10.9. The van der Waals surface area contributed by atoms with E-state index in [2.05, 4.69) is 21.9 Å². The van der Waals surface area contributed by atoms with Crippen LogP contribution in [0.25, 0.3) is 16.9 Å². The first-order chi connectivity index (χ1) is 16.5. The largest absolute Gasteiger partial charge is 0.369 e. The summed E-state index contributed by atoms with van der Waals surface area (Å²) in [4.78, 5) is 39.7. The molecule has 5 rings (SSSR count). The van der Waals surface area contributed by atoms with E-state index in [0.29, 0.717) is 36.2 Å². The van der Waals surface area contributed by atoms with E-state index in [9.17, 15) is 9.59 Å². The molecular weight excluding hydrogens is 430 g/mol. The molecule has 1 aliphatic heterocycles. The molecule has 9 heteroatoms. The maximum Gasteiger partial charge on any atom is 0.256 e. The number of imidazole rings is 1. The van der Waals surface area contributed by atoms with Gasteiger partial charge in [0, 0.05) is 42.5 Å². The number of carbonyl (C=O) groups is 2. The number of nitrogens with two attached hydrogens (primary N) is 1. The lowest BCUT2D eigenvalue weighted by Gasteiger charge is -2.13. The van der Waals surface area contributed by atoms with Crippen molar-refractivity contribution in [2.45, 2.75) is 12.3 Å². The number of nitrogens with one attached hydrogen (secondary N) is 1. The van der Waals surface area contributed by atoms with Crippen molar-refractivity contribution in [3.63, 3.8) is 0 Å². The van der Waals surface area contributed by atoms with E-state index < -0.39 is 0 Å². The van der Waals surface area contributed by atoms with Crippen LogP contribution in [0.1, 0.15) is 28.4 Å². The van der Waals surface area contributed by atoms with Crippen molar-refractivity contribution in [2.24, 2.45) is 0 Å². The molecule has 4 heterocycles. The number of hydrogen-bond acceptors (Lipinski definition) is 6. The predicted molar refractivity (Wildman–Crippen MR) is 129 cm³/mol. The number of amides is 2. The normalized spacial score (nSPS) is 15.4. The summed E-state index contributed by atoms with van der Waals surface area (Å²) in [6.07, 6.45) is 5.43. The van der Waals surface area contributed by atoms with Crippen molar-refractivity contribution in [1.82, 2.24) is 24.3 Å². The SMILES string of the molecule is C=CC(=O)N1CCC(c2nc(-c3ccc(C(=O)Nc4ccccn4)cc3)n3c(N)nccc23)C1. The van der Waals surface area contributed by atoms with Crippen molar-refractivity contribution in [3.8, 4) is 11.4 Å². The van der Waals surface area contributed by atoms with Crippen LogP contribution >= 0.6 is 0 Å². The van der Waals surface area contributed by atoms with Crippen LogP contribution in [-0.4, -0.2) is 49.2 Å². The molecular formula is C25H23N7O2. The molecule has 3 N–H and O–H groups in total. The van der Waals surface area contributed by atoms with Crippen LogP contribution in [0.4, 0.5) is 11.8 Å². The lowest BCUT2D eigenvalue weighted by Crippen LogP contribution is -2.26. The average molecular weight is 454 g/mol. The Morgan fingerprint density at radius 2 is 1.91 bits per heavy atom. The molecule has 1 atom stereocenters. The highest BCUT2D eigenvalue weighted by atomic mass is 16.2. The number of aromatic nitrogens is 4. The molecule has 9 nitrogen and oxygen atoms in total. The molecule has 170 valence electrons. The Bertz CT molecular complexity index is 1380. The van der Waals surface area contributed by atoms with Crippen LogP contribution in [-0.2, 0) is 4.79 Å². The summed E-state index contributed by atoms with van der Waals surface area (Å²) >= 11 is 0. The number of anilines is 2. The van der Waals surface area contributed by atoms with Crippen molar-refractivity contribution in [2.75, 3.05) is 24.1 Å². The van der Waals surface area contributed by atoms with Crippen LogP contribution in [0.2, 0.25) is 0 Å². The van der Waals surface area contributed by atoms with Crippen molar-refractivity contribution < 1.29 is 9.59 Å². The molecule has 34 heavy (non-hydrogen) atoms. The summed E-state index contributed by atoms with van der Waals surface area (Å²) in [5.74, 6) is 1.20. The van der Waals surface area contributed by atoms with Gasteiger partial charge in [-0.25, -0.2) is 15.0 Å². The lowest BCUT2D eigenvalue weighted by atomic mass is 10.0. The van der Waals surface area contributed by atoms with Gasteiger partial charge in [-0.3, -0.25) is 14.0 Å². The topological polar surface area (TPSA) is 119 Å². The molecule has 1 saturated heterocycles. The molecule has 0 aliphatic carbocycles. The fourth-order valence-corrected chi connectivity index (χ4v) is 4.29. The summed E-state index contributed by atoms with van der Waals surface area (Å²) in [6, 6.07) is 14.3. The predicted octanol–water partition coefficient (Wildman–Crippen LogP) is 3.13. The number of hydrogen-bond donors (Lipinski definition) is 2. The summed E-state index contributed by atoms with van der Waals surface area (Å²) < 4.78 is 1.82. The van der Waals surface area contributed by atoms with Gasteiger partial charge < -0.3 is 16.0 Å². The molecule has 1 unspecified atom stereocenters. The van der Waals surface area contributed by atoms with E-state index in [1.165, 1.54) is 6.08 Å². The Morgan fingerprint density at radius 1 is 1.09 bits per heavy atom. The number of carbonyl (C=O) groups excluding carboxylic acids is 2. The summed E-state index contributed by atoms with van der Waals surface area (Å²) in [7, 11) is 0. The maximum atomic E-state index is 12.6. The zero-order valence-electron chi connectivity index (χ0n) is 18.4. The second-order valence-corrected chi connectivity index (χ2v) is 8.06. The van der Waals surface area contributed by atoms with E-state index in [4.69, 9.17) is 10.7 Å². The Balaban J connectivity index is 1.46. The van der Waals surface area contributed by atoms with Crippen LogP contribution < -0.4 is 11.1 Å². The molecule has 3 aromatic heterocycles. The van der Waals surface area contributed by atoms with Gasteiger partial charge in [0.2, 0.25) is 11.9 Å². The van der Waals surface area contributed by atoms with Gasteiger partial charge in [0.05, 0.1) is 11.2 Å². The van der Waals surface area contributed by atoms with E-state index in [0.717, 1.165) is 23.2 Å². The molecule has 0 bridgehead atoms. The second kappa shape index (κ2) is 8.78. The van der Waals surface area contributed by atoms with Crippen molar-refractivity contribution in [3.05, 3.63) is 84.8 Å². The van der Waals surface area contributed by atoms with Gasteiger partial charge in [-0.15, -0.1) is 0 Å². The minimum absolute atomic E-state index is 0.0769. The molecule has 1 aromatic carbocycles. The highest BCUT2D eigenvalue weighted by Gasteiger charge is 2.30. The fourth-order valence-electron chi connectivity index (χ4n) is 4.29. The summed E-state index contributed by atoms with van der Waals surface area (Å²) in [6.45, 7) is 4.82. The number of pyridine rings is 1. The molecule has 2 amide bonds. The Hall–Kier alpha value is -4.53. The highest BCUT2D eigenvalue weighted by Crippen LogP contribution is 2.33. The van der Waals surface area contributed by atoms with E-state index >= 15 is 0 Å². The third-order valence-electron chi connectivity index (χ3n) is 5.98. The van der Waals surface area contributed by atoms with Gasteiger partial charge in [0.1, 0.15) is 11.6 Å². The van der Waals surface area contributed by atoms with Crippen molar-refractivity contribution in [1.29, 1.82) is 0 Å². The van der Waals surface area contributed by atoms with Gasteiger partial charge in [0.25, 0.3) is 5.91 Å². The molecule has 1 aliphatic rings. The number of nitrogens with zero attached hydrogens (tertiary/aromatic N) is 5. The van der Waals surface area contributed by atoms with Gasteiger partial charge in [-0.05, 0) is 42.8 Å².